The van der Waals surface area contributed by atoms with Gasteiger partial charge in [-0.15, -0.1) is 0 Å². The first-order valence-corrected chi connectivity index (χ1v) is 8.32. The molecule has 1 aliphatic heterocycles. The number of hydrogen-bond donors (Lipinski definition) is 1. The number of alkyl halides is 1. The van der Waals surface area contributed by atoms with Crippen LogP contribution in [-0.2, 0) is 9.53 Å². The van der Waals surface area contributed by atoms with Crippen LogP contribution < -0.4 is 5.32 Å². The Morgan fingerprint density at radius 1 is 1.50 bits per heavy atom. The van der Waals surface area contributed by atoms with Gasteiger partial charge in [0.05, 0.1) is 6.10 Å². The highest BCUT2D eigenvalue weighted by Gasteiger charge is 2.15. The van der Waals surface area contributed by atoms with Crippen molar-refractivity contribution in [3.05, 3.63) is 0 Å². The van der Waals surface area contributed by atoms with Crippen LogP contribution >= 0.6 is 15.9 Å². The van der Waals surface area contributed by atoms with E-state index in [0.717, 1.165) is 44.2 Å². The largest absolute Gasteiger partial charge is 0.378 e. The van der Waals surface area contributed by atoms with Gasteiger partial charge in [0.15, 0.2) is 0 Å². The van der Waals surface area contributed by atoms with E-state index in [0.29, 0.717) is 18.4 Å². The molecule has 0 spiro atoms. The second-order valence-electron chi connectivity index (χ2n) is 5.08. The highest BCUT2D eigenvalue weighted by Crippen LogP contribution is 2.16. The molecular formula is C14H26BrNO2. The smallest absolute Gasteiger partial charge is 0.220 e. The van der Waals surface area contributed by atoms with Gasteiger partial charge in [0.25, 0.3) is 0 Å². The minimum atomic E-state index is 0.178. The van der Waals surface area contributed by atoms with Gasteiger partial charge in [0, 0.05) is 24.9 Å². The molecule has 1 aliphatic rings. The second-order valence-corrected chi connectivity index (χ2v) is 5.88. The lowest BCUT2D eigenvalue weighted by atomic mass is 10.0. The van der Waals surface area contributed by atoms with Crippen LogP contribution in [0.1, 0.15) is 51.9 Å². The number of carbonyl (C=O) groups excluding carboxylic acids is 1. The van der Waals surface area contributed by atoms with E-state index in [2.05, 4.69) is 28.2 Å². The molecule has 0 aromatic carbocycles. The summed E-state index contributed by atoms with van der Waals surface area (Å²) >= 11 is 3.45. The summed E-state index contributed by atoms with van der Waals surface area (Å²) in [6.07, 6.45) is 7.59. The molecule has 0 aliphatic carbocycles. The van der Waals surface area contributed by atoms with Crippen molar-refractivity contribution in [2.45, 2.75) is 58.0 Å². The van der Waals surface area contributed by atoms with Gasteiger partial charge in [-0.05, 0) is 38.0 Å². The van der Waals surface area contributed by atoms with E-state index in [1.807, 2.05) is 0 Å². The van der Waals surface area contributed by atoms with Crippen LogP contribution in [0.4, 0.5) is 0 Å². The zero-order valence-electron chi connectivity index (χ0n) is 11.4. The Balaban J connectivity index is 2.08. The average Bonchev–Trinajstić information content (AvgIpc) is 2.42. The number of rotatable bonds is 8. The van der Waals surface area contributed by atoms with Crippen molar-refractivity contribution < 1.29 is 9.53 Å². The Kier molecular flexibility index (Phi) is 8.68. The molecule has 0 saturated carbocycles. The Labute approximate surface area is 119 Å². The van der Waals surface area contributed by atoms with Crippen LogP contribution in [0.3, 0.4) is 0 Å². The van der Waals surface area contributed by atoms with Gasteiger partial charge in [-0.3, -0.25) is 4.79 Å². The van der Waals surface area contributed by atoms with Crippen LogP contribution in [0, 0.1) is 5.92 Å². The standard InChI is InChI=1S/C14H26BrNO2/c1-2-12(8-9-15)11-16-14(17)7-6-13-5-3-4-10-18-13/h12-13H,2-11H2,1H3,(H,16,17). The summed E-state index contributed by atoms with van der Waals surface area (Å²) in [7, 11) is 0. The van der Waals surface area contributed by atoms with Crippen LogP contribution in [0.25, 0.3) is 0 Å². The number of hydrogen-bond acceptors (Lipinski definition) is 2. The molecule has 106 valence electrons. The molecule has 2 unspecified atom stereocenters. The first kappa shape index (κ1) is 16.0. The average molecular weight is 320 g/mol. The van der Waals surface area contributed by atoms with Crippen LogP contribution in [0.5, 0.6) is 0 Å². The highest BCUT2D eigenvalue weighted by atomic mass is 79.9. The van der Waals surface area contributed by atoms with E-state index < -0.39 is 0 Å². The summed E-state index contributed by atoms with van der Waals surface area (Å²) in [6.45, 7) is 3.86. The molecule has 1 amide bonds. The lowest BCUT2D eigenvalue weighted by Gasteiger charge is -2.22. The number of nitrogens with one attached hydrogen (secondary N) is 1. The van der Waals surface area contributed by atoms with E-state index in [9.17, 15) is 4.79 Å². The fourth-order valence-electron chi connectivity index (χ4n) is 2.28. The van der Waals surface area contributed by atoms with Gasteiger partial charge in [-0.1, -0.05) is 29.3 Å². The Bertz CT molecular complexity index is 219. The van der Waals surface area contributed by atoms with Crippen LogP contribution in [0.2, 0.25) is 0 Å². The minimum absolute atomic E-state index is 0.178. The molecule has 1 rings (SSSR count). The van der Waals surface area contributed by atoms with Gasteiger partial charge < -0.3 is 10.1 Å². The molecular weight excluding hydrogens is 294 g/mol. The maximum atomic E-state index is 11.7. The molecule has 1 heterocycles. The molecule has 18 heavy (non-hydrogen) atoms. The molecule has 0 aromatic heterocycles. The molecule has 2 atom stereocenters. The molecule has 4 heteroatoms. The van der Waals surface area contributed by atoms with Gasteiger partial charge in [0.2, 0.25) is 5.91 Å². The summed E-state index contributed by atoms with van der Waals surface area (Å²) in [6, 6.07) is 0. The normalized spacial score (nSPS) is 21.6. The summed E-state index contributed by atoms with van der Waals surface area (Å²) in [4.78, 5) is 11.7. The van der Waals surface area contributed by atoms with Crippen molar-refractivity contribution in [3.63, 3.8) is 0 Å². The Morgan fingerprint density at radius 3 is 2.94 bits per heavy atom. The quantitative estimate of drug-likeness (QED) is 0.697. The van der Waals surface area contributed by atoms with Gasteiger partial charge in [-0.2, -0.15) is 0 Å². The van der Waals surface area contributed by atoms with E-state index >= 15 is 0 Å². The molecule has 0 aromatic rings. The van der Waals surface area contributed by atoms with E-state index in [4.69, 9.17) is 4.74 Å². The fraction of sp³-hybridized carbons (Fsp3) is 0.929. The van der Waals surface area contributed by atoms with Crippen molar-refractivity contribution in [2.24, 2.45) is 5.92 Å². The lowest BCUT2D eigenvalue weighted by molar-refractivity contribution is -0.122. The third-order valence-corrected chi connectivity index (χ3v) is 4.11. The maximum Gasteiger partial charge on any atom is 0.220 e. The number of halogens is 1. The zero-order chi connectivity index (χ0) is 13.2. The zero-order valence-corrected chi connectivity index (χ0v) is 13.0. The van der Waals surface area contributed by atoms with Crippen molar-refractivity contribution >= 4 is 21.8 Å². The predicted octanol–water partition coefficient (Wildman–Crippen LogP) is 3.26. The van der Waals surface area contributed by atoms with Gasteiger partial charge >= 0.3 is 0 Å². The second kappa shape index (κ2) is 9.79. The predicted molar refractivity (Wildman–Crippen MR) is 78.0 cm³/mol. The highest BCUT2D eigenvalue weighted by molar-refractivity contribution is 9.09. The van der Waals surface area contributed by atoms with Crippen molar-refractivity contribution in [1.29, 1.82) is 0 Å². The van der Waals surface area contributed by atoms with Crippen LogP contribution in [-0.4, -0.2) is 30.5 Å². The van der Waals surface area contributed by atoms with Crippen molar-refractivity contribution in [3.8, 4) is 0 Å². The molecule has 3 nitrogen and oxygen atoms in total. The topological polar surface area (TPSA) is 38.3 Å². The van der Waals surface area contributed by atoms with Gasteiger partial charge in [-0.25, -0.2) is 0 Å². The Hall–Kier alpha value is -0.0900. The number of ether oxygens (including phenoxy) is 1. The SMILES string of the molecule is CCC(CCBr)CNC(=O)CCC1CCCCO1. The Morgan fingerprint density at radius 2 is 2.33 bits per heavy atom. The minimum Gasteiger partial charge on any atom is -0.378 e. The molecule has 1 N–H and O–H groups in total. The summed E-state index contributed by atoms with van der Waals surface area (Å²) in [5, 5.41) is 4.05. The number of amides is 1. The summed E-state index contributed by atoms with van der Waals surface area (Å²) in [5.41, 5.74) is 0. The van der Waals surface area contributed by atoms with E-state index in [1.54, 1.807) is 0 Å². The number of carbonyl (C=O) groups is 1. The first-order valence-electron chi connectivity index (χ1n) is 7.20. The molecule has 0 bridgehead atoms. The van der Waals surface area contributed by atoms with E-state index in [1.165, 1.54) is 12.8 Å². The third-order valence-electron chi connectivity index (χ3n) is 3.65. The summed E-state index contributed by atoms with van der Waals surface area (Å²) in [5.74, 6) is 0.774. The molecule has 0 radical (unpaired) electrons. The monoisotopic (exact) mass is 319 g/mol. The lowest BCUT2D eigenvalue weighted by Crippen LogP contribution is -2.30. The molecule has 1 saturated heterocycles. The van der Waals surface area contributed by atoms with Gasteiger partial charge in [0.1, 0.15) is 0 Å². The first-order chi connectivity index (χ1) is 8.76. The van der Waals surface area contributed by atoms with Crippen LogP contribution in [0.15, 0.2) is 0 Å². The third kappa shape index (κ3) is 6.74. The summed E-state index contributed by atoms with van der Waals surface area (Å²) < 4.78 is 5.63. The molecule has 1 fully saturated rings. The van der Waals surface area contributed by atoms with Crippen molar-refractivity contribution in [1.82, 2.24) is 5.32 Å². The van der Waals surface area contributed by atoms with E-state index in [-0.39, 0.29) is 5.91 Å². The maximum absolute atomic E-state index is 11.7. The fourth-order valence-corrected chi connectivity index (χ4v) is 2.93. The van der Waals surface area contributed by atoms with Crippen molar-refractivity contribution in [2.75, 3.05) is 18.5 Å².